The van der Waals surface area contributed by atoms with Crippen molar-refractivity contribution >= 4 is 11.7 Å². The van der Waals surface area contributed by atoms with Crippen LogP contribution in [0.5, 0.6) is 5.75 Å². The fraction of sp³-hybridized carbons (Fsp3) is 0.333. The van der Waals surface area contributed by atoms with Gasteiger partial charge in [-0.05, 0) is 42.7 Å². The molecule has 0 bridgehead atoms. The Labute approximate surface area is 136 Å². The predicted octanol–water partition coefficient (Wildman–Crippen LogP) is 2.61. The minimum Gasteiger partial charge on any atom is -0.497 e. The number of carbonyl (C=O) groups is 1. The normalized spacial score (nSPS) is 17.4. The minimum absolute atomic E-state index is 0.0200. The summed E-state index contributed by atoms with van der Waals surface area (Å²) in [6, 6.07) is 11.7. The van der Waals surface area contributed by atoms with Gasteiger partial charge in [0.15, 0.2) is 0 Å². The summed E-state index contributed by atoms with van der Waals surface area (Å²) >= 11 is 0. The molecule has 0 spiro atoms. The summed E-state index contributed by atoms with van der Waals surface area (Å²) in [6.45, 7) is 3.65. The Morgan fingerprint density at radius 2 is 2.13 bits per heavy atom. The molecule has 1 aromatic heterocycles. The molecule has 1 fully saturated rings. The summed E-state index contributed by atoms with van der Waals surface area (Å²) in [5.74, 6) is 1.51. The van der Waals surface area contributed by atoms with Crippen LogP contribution in [0.4, 0.5) is 5.82 Å². The molecular weight excluding hydrogens is 290 g/mol. The van der Waals surface area contributed by atoms with Crippen molar-refractivity contribution in [3.63, 3.8) is 0 Å². The Bertz CT molecular complexity index is 685. The van der Waals surface area contributed by atoms with E-state index in [0.29, 0.717) is 5.82 Å². The first-order valence-corrected chi connectivity index (χ1v) is 7.77. The lowest BCUT2D eigenvalue weighted by atomic mass is 10.0. The average Bonchev–Trinajstić information content (AvgIpc) is 2.54. The second kappa shape index (κ2) is 6.79. The molecule has 0 radical (unpaired) electrons. The van der Waals surface area contributed by atoms with Gasteiger partial charge in [-0.2, -0.15) is 0 Å². The number of anilines is 1. The number of methoxy groups -OCH3 is 1. The molecule has 0 saturated carbocycles. The first kappa shape index (κ1) is 15.5. The molecule has 5 nitrogen and oxygen atoms in total. The highest BCUT2D eigenvalue weighted by atomic mass is 16.5. The first-order valence-electron chi connectivity index (χ1n) is 7.77. The topological polar surface area (TPSA) is 54.5 Å². The molecule has 120 valence electrons. The highest BCUT2D eigenvalue weighted by Gasteiger charge is 2.34. The van der Waals surface area contributed by atoms with E-state index in [-0.39, 0.29) is 11.9 Å². The predicted molar refractivity (Wildman–Crippen MR) is 89.4 cm³/mol. The smallest absolute Gasteiger partial charge is 0.242 e. The van der Waals surface area contributed by atoms with Crippen LogP contribution in [0, 0.1) is 6.92 Å². The molecule has 1 amide bonds. The van der Waals surface area contributed by atoms with Crippen molar-refractivity contribution in [2.75, 3.05) is 19.0 Å². The fourth-order valence-corrected chi connectivity index (χ4v) is 2.71. The van der Waals surface area contributed by atoms with Gasteiger partial charge in [-0.3, -0.25) is 9.69 Å². The van der Waals surface area contributed by atoms with E-state index < -0.39 is 0 Å². The highest BCUT2D eigenvalue weighted by Crippen LogP contribution is 2.23. The second-order valence-corrected chi connectivity index (χ2v) is 5.78. The van der Waals surface area contributed by atoms with Gasteiger partial charge < -0.3 is 10.1 Å². The number of likely N-dealkylation sites (tertiary alicyclic amines) is 1. The standard InChI is InChI=1S/C18H21N3O2/c1-13-4-3-10-19-17(13)20-18(22)16-9-11-21(16)12-14-5-7-15(23-2)8-6-14/h3-8,10,16H,9,11-12H2,1-2H3,(H,19,20,22). The van der Waals surface area contributed by atoms with Gasteiger partial charge in [0.1, 0.15) is 11.6 Å². The number of ether oxygens (including phenoxy) is 1. The number of aryl methyl sites for hydroxylation is 1. The quantitative estimate of drug-likeness (QED) is 0.922. The second-order valence-electron chi connectivity index (χ2n) is 5.78. The molecule has 1 aromatic carbocycles. The number of pyridine rings is 1. The van der Waals surface area contributed by atoms with Crippen LogP contribution in [-0.4, -0.2) is 35.5 Å². The van der Waals surface area contributed by atoms with E-state index in [1.54, 1.807) is 13.3 Å². The summed E-state index contributed by atoms with van der Waals surface area (Å²) in [5.41, 5.74) is 2.15. The minimum atomic E-state index is -0.0847. The molecule has 1 saturated heterocycles. The Morgan fingerprint density at radius 3 is 2.74 bits per heavy atom. The third-order valence-electron chi connectivity index (χ3n) is 4.23. The molecule has 0 aliphatic carbocycles. The lowest BCUT2D eigenvalue weighted by molar-refractivity contribution is -0.125. The van der Waals surface area contributed by atoms with Gasteiger partial charge in [-0.1, -0.05) is 18.2 Å². The van der Waals surface area contributed by atoms with E-state index in [2.05, 4.69) is 15.2 Å². The van der Waals surface area contributed by atoms with Crippen LogP contribution in [0.3, 0.4) is 0 Å². The monoisotopic (exact) mass is 311 g/mol. The van der Waals surface area contributed by atoms with Gasteiger partial charge in [-0.25, -0.2) is 4.98 Å². The van der Waals surface area contributed by atoms with Crippen molar-refractivity contribution in [2.24, 2.45) is 0 Å². The number of nitrogens with one attached hydrogen (secondary N) is 1. The number of hydrogen-bond donors (Lipinski definition) is 1. The SMILES string of the molecule is COc1ccc(CN2CCC2C(=O)Nc2ncccc2C)cc1. The number of hydrogen-bond acceptors (Lipinski definition) is 4. The summed E-state index contributed by atoms with van der Waals surface area (Å²) in [5, 5.41) is 2.93. The van der Waals surface area contributed by atoms with Gasteiger partial charge in [0.2, 0.25) is 5.91 Å². The third-order valence-corrected chi connectivity index (χ3v) is 4.23. The first-order chi connectivity index (χ1) is 11.2. The molecule has 2 heterocycles. The largest absolute Gasteiger partial charge is 0.497 e. The van der Waals surface area contributed by atoms with Crippen LogP contribution < -0.4 is 10.1 Å². The van der Waals surface area contributed by atoms with Crippen molar-refractivity contribution in [1.29, 1.82) is 0 Å². The molecule has 1 aliphatic rings. The highest BCUT2D eigenvalue weighted by molar-refractivity contribution is 5.95. The van der Waals surface area contributed by atoms with E-state index in [9.17, 15) is 4.79 Å². The van der Waals surface area contributed by atoms with E-state index >= 15 is 0 Å². The molecule has 1 aliphatic heterocycles. The summed E-state index contributed by atoms with van der Waals surface area (Å²) in [4.78, 5) is 18.8. The molecule has 23 heavy (non-hydrogen) atoms. The van der Waals surface area contributed by atoms with E-state index in [4.69, 9.17) is 4.74 Å². The van der Waals surface area contributed by atoms with E-state index in [0.717, 1.165) is 30.8 Å². The van der Waals surface area contributed by atoms with Gasteiger partial charge in [0.05, 0.1) is 13.2 Å². The third kappa shape index (κ3) is 3.51. The Morgan fingerprint density at radius 1 is 1.35 bits per heavy atom. The van der Waals surface area contributed by atoms with Crippen LogP contribution in [-0.2, 0) is 11.3 Å². The number of carbonyl (C=O) groups excluding carboxylic acids is 1. The van der Waals surface area contributed by atoms with Crippen LogP contribution in [0.1, 0.15) is 17.5 Å². The molecule has 3 rings (SSSR count). The zero-order valence-electron chi connectivity index (χ0n) is 13.5. The Kier molecular flexibility index (Phi) is 4.57. The average molecular weight is 311 g/mol. The lowest BCUT2D eigenvalue weighted by Gasteiger charge is -2.39. The summed E-state index contributed by atoms with van der Waals surface area (Å²) in [6.07, 6.45) is 2.58. The van der Waals surface area contributed by atoms with Crippen molar-refractivity contribution < 1.29 is 9.53 Å². The van der Waals surface area contributed by atoms with Gasteiger partial charge in [-0.15, -0.1) is 0 Å². The fourth-order valence-electron chi connectivity index (χ4n) is 2.71. The zero-order valence-corrected chi connectivity index (χ0v) is 13.5. The lowest BCUT2D eigenvalue weighted by Crippen LogP contribution is -2.53. The molecule has 1 unspecified atom stereocenters. The van der Waals surface area contributed by atoms with E-state index in [1.807, 2.05) is 43.3 Å². The van der Waals surface area contributed by atoms with Crippen LogP contribution in [0.15, 0.2) is 42.6 Å². The summed E-state index contributed by atoms with van der Waals surface area (Å²) in [7, 11) is 1.66. The van der Waals surface area contributed by atoms with Crippen molar-refractivity contribution in [3.8, 4) is 5.75 Å². The van der Waals surface area contributed by atoms with Gasteiger partial charge in [0.25, 0.3) is 0 Å². The van der Waals surface area contributed by atoms with Crippen molar-refractivity contribution in [3.05, 3.63) is 53.7 Å². The number of amides is 1. The molecular formula is C18H21N3O2. The maximum Gasteiger partial charge on any atom is 0.242 e. The maximum atomic E-state index is 12.4. The molecule has 1 N–H and O–H groups in total. The number of benzene rings is 1. The number of rotatable bonds is 5. The molecule has 1 atom stereocenters. The Hall–Kier alpha value is -2.40. The van der Waals surface area contributed by atoms with Gasteiger partial charge in [0, 0.05) is 19.3 Å². The van der Waals surface area contributed by atoms with Crippen LogP contribution in [0.2, 0.25) is 0 Å². The number of aromatic nitrogens is 1. The van der Waals surface area contributed by atoms with Gasteiger partial charge >= 0.3 is 0 Å². The molecule has 5 heteroatoms. The maximum absolute atomic E-state index is 12.4. The Balaban J connectivity index is 1.60. The van der Waals surface area contributed by atoms with Crippen molar-refractivity contribution in [2.45, 2.75) is 25.9 Å². The van der Waals surface area contributed by atoms with Crippen molar-refractivity contribution in [1.82, 2.24) is 9.88 Å². The number of nitrogens with zero attached hydrogens (tertiary/aromatic N) is 2. The molecule has 2 aromatic rings. The van der Waals surface area contributed by atoms with E-state index in [1.165, 1.54) is 5.56 Å². The summed E-state index contributed by atoms with van der Waals surface area (Å²) < 4.78 is 5.17. The van der Waals surface area contributed by atoms with Crippen LogP contribution >= 0.6 is 0 Å². The zero-order chi connectivity index (χ0) is 16.2. The van der Waals surface area contributed by atoms with Crippen LogP contribution in [0.25, 0.3) is 0 Å².